The second-order valence-corrected chi connectivity index (χ2v) is 8.42. The van der Waals surface area contributed by atoms with E-state index in [1.54, 1.807) is 7.11 Å². The molecule has 1 aromatic heterocycles. The van der Waals surface area contributed by atoms with E-state index in [-0.39, 0.29) is 5.91 Å². The van der Waals surface area contributed by atoms with Crippen LogP contribution in [0.2, 0.25) is 0 Å². The van der Waals surface area contributed by atoms with Gasteiger partial charge in [0.15, 0.2) is 0 Å². The van der Waals surface area contributed by atoms with Crippen molar-refractivity contribution in [2.75, 3.05) is 33.3 Å². The number of hydrogen-bond acceptors (Lipinski definition) is 3. The Kier molecular flexibility index (Phi) is 6.09. The SMILES string of the molecule is COc1ccc(C(C)C)cc1CN1CCN(C(=O)Cc2c[nH]c3ccccc23)CC1. The number of carbonyl (C=O) groups is 1. The molecule has 0 atom stereocenters. The van der Waals surface area contributed by atoms with Gasteiger partial charge in [-0.3, -0.25) is 9.69 Å². The Morgan fingerprint density at radius 3 is 2.57 bits per heavy atom. The zero-order valence-corrected chi connectivity index (χ0v) is 18.1. The molecule has 0 unspecified atom stereocenters. The number of aromatic nitrogens is 1. The van der Waals surface area contributed by atoms with Crippen LogP contribution in [0.15, 0.2) is 48.7 Å². The molecule has 1 aliphatic heterocycles. The third-order valence-electron chi connectivity index (χ3n) is 6.11. The number of amides is 1. The molecule has 1 fully saturated rings. The van der Waals surface area contributed by atoms with Crippen LogP contribution in [-0.2, 0) is 17.8 Å². The quantitative estimate of drug-likeness (QED) is 0.669. The van der Waals surface area contributed by atoms with E-state index in [1.165, 1.54) is 11.1 Å². The molecular formula is C25H31N3O2. The maximum absolute atomic E-state index is 12.9. The van der Waals surface area contributed by atoms with E-state index in [2.05, 4.69) is 48.0 Å². The lowest BCUT2D eigenvalue weighted by Gasteiger charge is -2.35. The molecule has 1 amide bonds. The predicted octanol–water partition coefficient (Wildman–Crippen LogP) is 4.19. The Morgan fingerprint density at radius 1 is 1.07 bits per heavy atom. The van der Waals surface area contributed by atoms with Gasteiger partial charge in [-0.25, -0.2) is 0 Å². The smallest absolute Gasteiger partial charge is 0.227 e. The molecule has 1 N–H and O–H groups in total. The number of ether oxygens (including phenoxy) is 1. The number of H-pyrrole nitrogens is 1. The van der Waals surface area contributed by atoms with Crippen molar-refractivity contribution in [2.45, 2.75) is 32.7 Å². The first-order chi connectivity index (χ1) is 14.5. The number of nitrogens with zero attached hydrogens (tertiary/aromatic N) is 2. The van der Waals surface area contributed by atoms with Crippen LogP contribution in [0.1, 0.15) is 36.5 Å². The average molecular weight is 406 g/mol. The second kappa shape index (κ2) is 8.92. The molecule has 1 aliphatic rings. The van der Waals surface area contributed by atoms with Crippen LogP contribution in [0, 0.1) is 0 Å². The summed E-state index contributed by atoms with van der Waals surface area (Å²) in [6.45, 7) is 8.59. The summed E-state index contributed by atoms with van der Waals surface area (Å²) in [5.41, 5.74) is 4.72. The summed E-state index contributed by atoms with van der Waals surface area (Å²) < 4.78 is 5.58. The largest absolute Gasteiger partial charge is 0.496 e. The zero-order chi connectivity index (χ0) is 21.1. The van der Waals surface area contributed by atoms with Crippen molar-refractivity contribution in [3.05, 3.63) is 65.4 Å². The zero-order valence-electron chi connectivity index (χ0n) is 18.1. The van der Waals surface area contributed by atoms with E-state index < -0.39 is 0 Å². The number of hydrogen-bond donors (Lipinski definition) is 1. The molecule has 3 aromatic rings. The number of para-hydroxylation sites is 1. The Hall–Kier alpha value is -2.79. The first kappa shape index (κ1) is 20.5. The predicted molar refractivity (Wildman–Crippen MR) is 121 cm³/mol. The highest BCUT2D eigenvalue weighted by molar-refractivity contribution is 5.88. The minimum Gasteiger partial charge on any atom is -0.496 e. The van der Waals surface area contributed by atoms with E-state index in [4.69, 9.17) is 4.74 Å². The van der Waals surface area contributed by atoms with Gasteiger partial charge < -0.3 is 14.6 Å². The summed E-state index contributed by atoms with van der Waals surface area (Å²) >= 11 is 0. The maximum atomic E-state index is 12.9. The van der Waals surface area contributed by atoms with Gasteiger partial charge in [-0.2, -0.15) is 0 Å². The van der Waals surface area contributed by atoms with Crippen LogP contribution < -0.4 is 4.74 Å². The van der Waals surface area contributed by atoms with Gasteiger partial charge in [0.2, 0.25) is 5.91 Å². The van der Waals surface area contributed by atoms with E-state index in [1.807, 2.05) is 29.3 Å². The lowest BCUT2D eigenvalue weighted by atomic mass is 10.00. The molecule has 5 heteroatoms. The summed E-state index contributed by atoms with van der Waals surface area (Å²) in [6.07, 6.45) is 2.42. The van der Waals surface area contributed by atoms with Gasteiger partial charge in [0.25, 0.3) is 0 Å². The van der Waals surface area contributed by atoms with Crippen molar-refractivity contribution < 1.29 is 9.53 Å². The molecule has 158 valence electrons. The fourth-order valence-corrected chi connectivity index (χ4v) is 4.23. The Labute approximate surface area is 178 Å². The normalized spacial score (nSPS) is 15.1. The summed E-state index contributed by atoms with van der Waals surface area (Å²) in [5.74, 6) is 1.64. The number of methoxy groups -OCH3 is 1. The van der Waals surface area contributed by atoms with Crippen LogP contribution in [0.4, 0.5) is 0 Å². The summed E-state index contributed by atoms with van der Waals surface area (Å²) in [6, 6.07) is 14.6. The molecule has 4 rings (SSSR count). The van der Waals surface area contributed by atoms with Crippen molar-refractivity contribution >= 4 is 16.8 Å². The van der Waals surface area contributed by atoms with E-state index in [0.717, 1.165) is 54.9 Å². The van der Waals surface area contributed by atoms with Crippen LogP contribution in [0.3, 0.4) is 0 Å². The van der Waals surface area contributed by atoms with Gasteiger partial charge in [-0.1, -0.05) is 44.2 Å². The standard InChI is InChI=1S/C25H31N3O2/c1-18(2)19-8-9-24(30-3)21(14-19)17-27-10-12-28(13-11-27)25(29)15-20-16-26-23-7-5-4-6-22(20)23/h4-9,14,16,18,26H,10-13,15,17H2,1-3H3. The molecule has 2 aromatic carbocycles. The minimum atomic E-state index is 0.207. The first-order valence-electron chi connectivity index (χ1n) is 10.8. The van der Waals surface area contributed by atoms with Crippen molar-refractivity contribution in [1.29, 1.82) is 0 Å². The average Bonchev–Trinajstić information content (AvgIpc) is 3.17. The van der Waals surface area contributed by atoms with Crippen molar-refractivity contribution in [1.82, 2.24) is 14.8 Å². The fourth-order valence-electron chi connectivity index (χ4n) is 4.23. The van der Waals surface area contributed by atoms with Crippen molar-refractivity contribution in [3.8, 4) is 5.75 Å². The molecule has 0 spiro atoms. The molecule has 2 heterocycles. The Morgan fingerprint density at radius 2 is 1.83 bits per heavy atom. The molecule has 0 aliphatic carbocycles. The van der Waals surface area contributed by atoms with Crippen LogP contribution in [-0.4, -0.2) is 54.0 Å². The van der Waals surface area contributed by atoms with Gasteiger partial charge >= 0.3 is 0 Å². The third kappa shape index (κ3) is 4.36. The lowest BCUT2D eigenvalue weighted by Crippen LogP contribution is -2.48. The summed E-state index contributed by atoms with van der Waals surface area (Å²) in [4.78, 5) is 20.5. The lowest BCUT2D eigenvalue weighted by molar-refractivity contribution is -0.132. The third-order valence-corrected chi connectivity index (χ3v) is 6.11. The van der Waals surface area contributed by atoms with Gasteiger partial charge in [0.1, 0.15) is 5.75 Å². The molecule has 0 bridgehead atoms. The second-order valence-electron chi connectivity index (χ2n) is 8.42. The highest BCUT2D eigenvalue weighted by atomic mass is 16.5. The van der Waals surface area contributed by atoms with Crippen LogP contribution in [0.5, 0.6) is 5.75 Å². The molecule has 1 saturated heterocycles. The van der Waals surface area contributed by atoms with Crippen LogP contribution >= 0.6 is 0 Å². The number of piperazine rings is 1. The number of rotatable bonds is 6. The molecule has 0 saturated carbocycles. The summed E-state index contributed by atoms with van der Waals surface area (Å²) in [5, 5.41) is 1.14. The van der Waals surface area contributed by atoms with Gasteiger partial charge in [-0.15, -0.1) is 0 Å². The highest BCUT2D eigenvalue weighted by Gasteiger charge is 2.23. The van der Waals surface area contributed by atoms with Crippen molar-refractivity contribution in [3.63, 3.8) is 0 Å². The number of aromatic amines is 1. The number of carbonyl (C=O) groups excluding carboxylic acids is 1. The molecule has 0 radical (unpaired) electrons. The van der Waals surface area contributed by atoms with Crippen molar-refractivity contribution in [2.24, 2.45) is 0 Å². The van der Waals surface area contributed by atoms with E-state index >= 15 is 0 Å². The van der Waals surface area contributed by atoms with Gasteiger partial charge in [0, 0.05) is 55.4 Å². The first-order valence-corrected chi connectivity index (χ1v) is 10.8. The molecule has 30 heavy (non-hydrogen) atoms. The molecule has 5 nitrogen and oxygen atoms in total. The fraction of sp³-hybridized carbons (Fsp3) is 0.400. The number of fused-ring (bicyclic) bond motifs is 1. The number of benzene rings is 2. The van der Waals surface area contributed by atoms with Gasteiger partial charge in [-0.05, 0) is 29.2 Å². The van der Waals surface area contributed by atoms with Crippen LogP contribution in [0.25, 0.3) is 10.9 Å². The van der Waals surface area contributed by atoms with E-state index in [9.17, 15) is 4.79 Å². The topological polar surface area (TPSA) is 48.6 Å². The van der Waals surface area contributed by atoms with Gasteiger partial charge in [0.05, 0.1) is 13.5 Å². The maximum Gasteiger partial charge on any atom is 0.227 e. The monoisotopic (exact) mass is 405 g/mol. The number of nitrogens with one attached hydrogen (secondary N) is 1. The summed E-state index contributed by atoms with van der Waals surface area (Å²) in [7, 11) is 1.73. The Bertz CT molecular complexity index is 1020. The van der Waals surface area contributed by atoms with E-state index in [0.29, 0.717) is 12.3 Å². The highest BCUT2D eigenvalue weighted by Crippen LogP contribution is 2.26. The Balaban J connectivity index is 1.36. The molecular weight excluding hydrogens is 374 g/mol. The minimum absolute atomic E-state index is 0.207.